The Kier molecular flexibility index (Phi) is 6.43. The summed E-state index contributed by atoms with van der Waals surface area (Å²) in [7, 11) is 0. The van der Waals surface area contributed by atoms with Crippen LogP contribution in [0.5, 0.6) is 0 Å². The average Bonchev–Trinajstić information content (AvgIpc) is 2.34. The van der Waals surface area contributed by atoms with Crippen LogP contribution in [0.4, 0.5) is 0 Å². The van der Waals surface area contributed by atoms with E-state index in [0.29, 0.717) is 5.88 Å². The molecule has 2 atom stereocenters. The Hall–Kier alpha value is -0.290. The summed E-state index contributed by atoms with van der Waals surface area (Å²) in [5.74, 6) is 0.612. The van der Waals surface area contributed by atoms with E-state index < -0.39 is 11.4 Å². The molecule has 1 aromatic rings. The molecular formula is C13H21ClN2OS. The molecule has 0 bridgehead atoms. The summed E-state index contributed by atoms with van der Waals surface area (Å²) in [6, 6.07) is 3.93. The van der Waals surface area contributed by atoms with Gasteiger partial charge < -0.3 is 4.55 Å². The van der Waals surface area contributed by atoms with Crippen molar-refractivity contribution in [3.63, 3.8) is 0 Å². The molecule has 3 nitrogen and oxygen atoms in total. The highest BCUT2D eigenvalue weighted by molar-refractivity contribution is 7.90. The first-order chi connectivity index (χ1) is 8.45. The van der Waals surface area contributed by atoms with Crippen LogP contribution in [0, 0.1) is 0 Å². The molecule has 1 rings (SSSR count). The molecular weight excluding hydrogens is 268 g/mol. The van der Waals surface area contributed by atoms with E-state index in [1.807, 2.05) is 39.1 Å². The molecule has 5 heteroatoms. The summed E-state index contributed by atoms with van der Waals surface area (Å²) in [5.41, 5.74) is 1.06. The third-order valence-electron chi connectivity index (χ3n) is 2.52. The predicted octanol–water partition coefficient (Wildman–Crippen LogP) is 3.19. The van der Waals surface area contributed by atoms with Crippen molar-refractivity contribution in [2.75, 3.05) is 5.88 Å². The first-order valence-corrected chi connectivity index (χ1v) is 7.77. The molecule has 18 heavy (non-hydrogen) atoms. The van der Waals surface area contributed by atoms with E-state index in [0.717, 1.165) is 18.4 Å². The fourth-order valence-electron chi connectivity index (χ4n) is 1.46. The van der Waals surface area contributed by atoms with Crippen LogP contribution in [0.1, 0.15) is 45.2 Å². The Labute approximate surface area is 118 Å². The van der Waals surface area contributed by atoms with E-state index in [1.165, 1.54) is 0 Å². The van der Waals surface area contributed by atoms with Crippen LogP contribution in [0.25, 0.3) is 0 Å². The van der Waals surface area contributed by atoms with Gasteiger partial charge in [-0.25, -0.2) is 0 Å². The minimum Gasteiger partial charge on any atom is -0.598 e. The van der Waals surface area contributed by atoms with Gasteiger partial charge in [-0.15, -0.1) is 16.3 Å². The van der Waals surface area contributed by atoms with Crippen molar-refractivity contribution in [1.29, 1.82) is 0 Å². The quantitative estimate of drug-likeness (QED) is 0.646. The lowest BCUT2D eigenvalue weighted by atomic mass is 10.1. The van der Waals surface area contributed by atoms with Gasteiger partial charge in [-0.1, -0.05) is 6.07 Å². The van der Waals surface area contributed by atoms with Gasteiger partial charge in [-0.05, 0) is 45.2 Å². The van der Waals surface area contributed by atoms with Crippen LogP contribution in [0.15, 0.2) is 24.5 Å². The van der Waals surface area contributed by atoms with Crippen molar-refractivity contribution in [3.05, 3.63) is 30.1 Å². The van der Waals surface area contributed by atoms with Crippen LogP contribution in [0.3, 0.4) is 0 Å². The second kappa shape index (κ2) is 7.34. The summed E-state index contributed by atoms with van der Waals surface area (Å²) in [5, 5.41) is 0. The first kappa shape index (κ1) is 15.8. The molecule has 0 saturated carbocycles. The highest BCUT2D eigenvalue weighted by Crippen LogP contribution is 2.23. The standard InChI is InChI=1S/C13H21ClN2OS/c1-13(2,3)18(17)16-12(7-4-8-14)11-6-5-9-15-10-11/h5-6,9-10,12,16H,4,7-8H2,1-3H3/t12-,18?/m0/s1. The number of rotatable bonds is 6. The zero-order valence-corrected chi connectivity index (χ0v) is 12.7. The van der Waals surface area contributed by atoms with Gasteiger partial charge in [0.15, 0.2) is 0 Å². The van der Waals surface area contributed by atoms with Gasteiger partial charge in [0.25, 0.3) is 0 Å². The lowest BCUT2D eigenvalue weighted by molar-refractivity contribution is 0.509. The maximum absolute atomic E-state index is 12.2. The molecule has 0 amide bonds. The van der Waals surface area contributed by atoms with Crippen LogP contribution >= 0.6 is 11.6 Å². The molecule has 1 heterocycles. The Balaban J connectivity index is 2.73. The second-order valence-electron chi connectivity index (χ2n) is 5.17. The van der Waals surface area contributed by atoms with Gasteiger partial charge in [-0.2, -0.15) is 0 Å². The van der Waals surface area contributed by atoms with Gasteiger partial charge in [0, 0.05) is 29.6 Å². The zero-order chi connectivity index (χ0) is 13.6. The fraction of sp³-hybridized carbons (Fsp3) is 0.615. The number of nitrogens with one attached hydrogen (secondary N) is 1. The van der Waals surface area contributed by atoms with Gasteiger partial charge in [-0.3, -0.25) is 4.98 Å². The summed E-state index contributed by atoms with van der Waals surface area (Å²) in [6.45, 7) is 5.87. The predicted molar refractivity (Wildman–Crippen MR) is 78.0 cm³/mol. The van der Waals surface area contributed by atoms with Crippen LogP contribution in [-0.4, -0.2) is 20.2 Å². The number of hydrogen-bond donors (Lipinski definition) is 1. The first-order valence-electron chi connectivity index (χ1n) is 6.09. The van der Waals surface area contributed by atoms with Crippen molar-refractivity contribution < 1.29 is 4.55 Å². The fourth-order valence-corrected chi connectivity index (χ4v) is 2.48. The van der Waals surface area contributed by atoms with Crippen LogP contribution in [-0.2, 0) is 11.4 Å². The molecule has 0 spiro atoms. The minimum absolute atomic E-state index is 0.0394. The topological polar surface area (TPSA) is 48.0 Å². The monoisotopic (exact) mass is 288 g/mol. The third-order valence-corrected chi connectivity index (χ3v) is 4.40. The molecule has 1 unspecified atom stereocenters. The molecule has 0 saturated heterocycles. The largest absolute Gasteiger partial charge is 0.598 e. The van der Waals surface area contributed by atoms with Crippen molar-refractivity contribution in [3.8, 4) is 0 Å². The maximum atomic E-state index is 12.2. The molecule has 1 N–H and O–H groups in total. The molecule has 1 aromatic heterocycles. The third kappa shape index (κ3) is 5.14. The summed E-state index contributed by atoms with van der Waals surface area (Å²) >= 11 is 4.65. The van der Waals surface area contributed by atoms with E-state index >= 15 is 0 Å². The van der Waals surface area contributed by atoms with Crippen molar-refractivity contribution in [2.45, 2.75) is 44.4 Å². The number of alkyl halides is 1. The van der Waals surface area contributed by atoms with Gasteiger partial charge in [0.1, 0.15) is 4.75 Å². The zero-order valence-electron chi connectivity index (χ0n) is 11.1. The smallest absolute Gasteiger partial charge is 0.136 e. The molecule has 102 valence electrons. The van der Waals surface area contributed by atoms with E-state index in [-0.39, 0.29) is 10.8 Å². The van der Waals surface area contributed by atoms with Gasteiger partial charge >= 0.3 is 0 Å². The van der Waals surface area contributed by atoms with Crippen molar-refractivity contribution in [2.24, 2.45) is 0 Å². The average molecular weight is 289 g/mol. The van der Waals surface area contributed by atoms with Crippen LogP contribution in [0.2, 0.25) is 0 Å². The lowest BCUT2D eigenvalue weighted by Crippen LogP contribution is -2.41. The minimum atomic E-state index is -1.09. The number of pyridine rings is 1. The molecule has 0 fully saturated rings. The maximum Gasteiger partial charge on any atom is 0.136 e. The summed E-state index contributed by atoms with van der Waals surface area (Å²) < 4.78 is 15.1. The Bertz CT molecular complexity index is 343. The highest BCUT2D eigenvalue weighted by Gasteiger charge is 2.29. The summed E-state index contributed by atoms with van der Waals surface area (Å²) in [6.07, 6.45) is 5.29. The Morgan fingerprint density at radius 1 is 1.50 bits per heavy atom. The molecule has 0 aliphatic rings. The van der Waals surface area contributed by atoms with E-state index in [2.05, 4.69) is 9.71 Å². The van der Waals surface area contributed by atoms with Crippen molar-refractivity contribution in [1.82, 2.24) is 9.71 Å². The SMILES string of the molecule is CC(C)(C)[S+]([O-])N[C@@H](CCCCl)c1cccnc1. The highest BCUT2D eigenvalue weighted by atomic mass is 35.5. The second-order valence-corrected chi connectivity index (χ2v) is 7.54. The van der Waals surface area contributed by atoms with E-state index in [1.54, 1.807) is 6.20 Å². The Morgan fingerprint density at radius 2 is 2.22 bits per heavy atom. The molecule has 0 radical (unpaired) electrons. The van der Waals surface area contributed by atoms with Gasteiger partial charge in [0.2, 0.25) is 0 Å². The summed E-state index contributed by atoms with van der Waals surface area (Å²) in [4.78, 5) is 4.11. The molecule has 0 aromatic carbocycles. The number of aromatic nitrogens is 1. The van der Waals surface area contributed by atoms with E-state index in [4.69, 9.17) is 11.6 Å². The van der Waals surface area contributed by atoms with E-state index in [9.17, 15) is 4.55 Å². The lowest BCUT2D eigenvalue weighted by Gasteiger charge is -2.28. The van der Waals surface area contributed by atoms with Gasteiger partial charge in [0.05, 0.1) is 6.04 Å². The number of nitrogens with zero attached hydrogens (tertiary/aromatic N) is 1. The molecule has 0 aliphatic carbocycles. The van der Waals surface area contributed by atoms with Crippen LogP contribution < -0.4 is 4.72 Å². The number of halogens is 1. The van der Waals surface area contributed by atoms with Crippen molar-refractivity contribution >= 4 is 23.0 Å². The Morgan fingerprint density at radius 3 is 2.72 bits per heavy atom. The molecule has 0 aliphatic heterocycles. The normalized spacial score (nSPS) is 15.4. The number of hydrogen-bond acceptors (Lipinski definition) is 3.